The lowest BCUT2D eigenvalue weighted by atomic mass is 10.1. The van der Waals surface area contributed by atoms with Crippen molar-refractivity contribution in [3.05, 3.63) is 29.3 Å². The van der Waals surface area contributed by atoms with Gasteiger partial charge in [0.2, 0.25) is 0 Å². The smallest absolute Gasteiger partial charge is 0.251 e. The maximum absolute atomic E-state index is 11.9. The van der Waals surface area contributed by atoms with Crippen molar-refractivity contribution >= 4 is 11.6 Å². The average Bonchev–Trinajstić information content (AvgIpc) is 2.75. The highest BCUT2D eigenvalue weighted by Gasteiger charge is 2.14. The largest absolute Gasteiger partial charge is 0.384 e. The van der Waals surface area contributed by atoms with Crippen molar-refractivity contribution in [2.24, 2.45) is 0 Å². The Hall–Kier alpha value is -2.02. The van der Waals surface area contributed by atoms with Crippen LogP contribution < -0.4 is 10.6 Å². The molecular formula is C13H15N3O. The Labute approximate surface area is 101 Å². The van der Waals surface area contributed by atoms with Crippen molar-refractivity contribution in [3.63, 3.8) is 0 Å². The molecule has 1 amide bonds. The van der Waals surface area contributed by atoms with Gasteiger partial charge in [-0.15, -0.1) is 0 Å². The summed E-state index contributed by atoms with van der Waals surface area (Å²) in [6, 6.07) is 7.61. The maximum atomic E-state index is 11.9. The first-order chi connectivity index (χ1) is 8.20. The van der Waals surface area contributed by atoms with Crippen molar-refractivity contribution in [2.45, 2.75) is 25.8 Å². The van der Waals surface area contributed by atoms with Gasteiger partial charge in [0.05, 0.1) is 12.5 Å². The average molecular weight is 229 g/mol. The Kier molecular flexibility index (Phi) is 3.29. The van der Waals surface area contributed by atoms with Gasteiger partial charge in [0.1, 0.15) is 0 Å². The van der Waals surface area contributed by atoms with E-state index in [1.807, 2.05) is 31.2 Å². The second-order valence-electron chi connectivity index (χ2n) is 4.29. The zero-order valence-electron chi connectivity index (χ0n) is 9.79. The Morgan fingerprint density at radius 3 is 3.24 bits per heavy atom. The zero-order chi connectivity index (χ0) is 12.3. The second-order valence-corrected chi connectivity index (χ2v) is 4.29. The molecule has 1 aromatic rings. The first-order valence-corrected chi connectivity index (χ1v) is 5.75. The van der Waals surface area contributed by atoms with Crippen LogP contribution in [0.25, 0.3) is 0 Å². The number of fused-ring (bicyclic) bond motifs is 1. The van der Waals surface area contributed by atoms with E-state index in [-0.39, 0.29) is 11.9 Å². The summed E-state index contributed by atoms with van der Waals surface area (Å²) < 4.78 is 0. The van der Waals surface area contributed by atoms with Crippen LogP contribution in [0.1, 0.15) is 29.3 Å². The number of carbonyl (C=O) groups is 1. The Morgan fingerprint density at radius 2 is 2.47 bits per heavy atom. The molecule has 88 valence electrons. The summed E-state index contributed by atoms with van der Waals surface area (Å²) in [6.45, 7) is 2.76. The fourth-order valence-corrected chi connectivity index (χ4v) is 1.93. The lowest BCUT2D eigenvalue weighted by molar-refractivity contribution is 0.0941. The number of carbonyl (C=O) groups excluding carboxylic acids is 1. The molecule has 17 heavy (non-hydrogen) atoms. The van der Waals surface area contributed by atoms with E-state index in [0.717, 1.165) is 18.7 Å². The minimum absolute atomic E-state index is 0.117. The van der Waals surface area contributed by atoms with E-state index in [1.165, 1.54) is 5.56 Å². The molecule has 1 aliphatic heterocycles. The molecule has 1 unspecified atom stereocenters. The molecule has 0 aliphatic carbocycles. The molecule has 2 rings (SSSR count). The number of benzene rings is 1. The van der Waals surface area contributed by atoms with Crippen molar-refractivity contribution in [3.8, 4) is 6.07 Å². The zero-order valence-corrected chi connectivity index (χ0v) is 9.79. The molecule has 1 heterocycles. The highest BCUT2D eigenvalue weighted by Crippen LogP contribution is 2.23. The monoisotopic (exact) mass is 229 g/mol. The lowest BCUT2D eigenvalue weighted by Gasteiger charge is -2.11. The van der Waals surface area contributed by atoms with Gasteiger partial charge in [0.15, 0.2) is 0 Å². The standard InChI is InChI=1S/C13H15N3O/c1-9(4-6-14)16-13(17)11-3-2-10-5-7-15-12(10)8-11/h2-3,8-9,15H,4-5,7H2,1H3,(H,16,17). The molecular weight excluding hydrogens is 214 g/mol. The Bertz CT molecular complexity index is 476. The number of nitrogens with one attached hydrogen (secondary N) is 2. The van der Waals surface area contributed by atoms with Gasteiger partial charge in [-0.3, -0.25) is 4.79 Å². The molecule has 0 radical (unpaired) electrons. The predicted octanol–water partition coefficient (Wildman–Crippen LogP) is 1.69. The first kappa shape index (κ1) is 11.5. The van der Waals surface area contributed by atoms with Crippen LogP contribution in [0.2, 0.25) is 0 Å². The summed E-state index contributed by atoms with van der Waals surface area (Å²) >= 11 is 0. The van der Waals surface area contributed by atoms with Gasteiger partial charge in [-0.2, -0.15) is 5.26 Å². The van der Waals surface area contributed by atoms with Gasteiger partial charge >= 0.3 is 0 Å². The topological polar surface area (TPSA) is 64.9 Å². The van der Waals surface area contributed by atoms with Crippen molar-refractivity contribution in [1.29, 1.82) is 5.26 Å². The summed E-state index contributed by atoms with van der Waals surface area (Å²) in [4.78, 5) is 11.9. The maximum Gasteiger partial charge on any atom is 0.251 e. The summed E-state index contributed by atoms with van der Waals surface area (Å²) in [7, 11) is 0. The lowest BCUT2D eigenvalue weighted by Crippen LogP contribution is -2.32. The minimum Gasteiger partial charge on any atom is -0.384 e. The van der Waals surface area contributed by atoms with Crippen LogP contribution in [-0.2, 0) is 6.42 Å². The van der Waals surface area contributed by atoms with Crippen LogP contribution in [0.4, 0.5) is 5.69 Å². The number of amides is 1. The van der Waals surface area contributed by atoms with E-state index in [1.54, 1.807) is 0 Å². The van der Waals surface area contributed by atoms with E-state index in [2.05, 4.69) is 10.6 Å². The molecule has 0 fully saturated rings. The first-order valence-electron chi connectivity index (χ1n) is 5.75. The highest BCUT2D eigenvalue weighted by atomic mass is 16.1. The van der Waals surface area contributed by atoms with E-state index in [0.29, 0.717) is 12.0 Å². The number of nitriles is 1. The van der Waals surface area contributed by atoms with E-state index in [9.17, 15) is 4.79 Å². The van der Waals surface area contributed by atoms with Crippen LogP contribution >= 0.6 is 0 Å². The van der Waals surface area contributed by atoms with Gasteiger partial charge in [-0.25, -0.2) is 0 Å². The van der Waals surface area contributed by atoms with Gasteiger partial charge in [-0.05, 0) is 31.0 Å². The van der Waals surface area contributed by atoms with Crippen molar-refractivity contribution < 1.29 is 4.79 Å². The van der Waals surface area contributed by atoms with Crippen molar-refractivity contribution in [2.75, 3.05) is 11.9 Å². The van der Waals surface area contributed by atoms with E-state index < -0.39 is 0 Å². The van der Waals surface area contributed by atoms with Crippen LogP contribution in [0.15, 0.2) is 18.2 Å². The molecule has 1 atom stereocenters. The molecule has 2 N–H and O–H groups in total. The second kappa shape index (κ2) is 4.88. The Morgan fingerprint density at radius 1 is 1.65 bits per heavy atom. The molecule has 0 bridgehead atoms. The third-order valence-corrected chi connectivity index (χ3v) is 2.86. The molecule has 4 nitrogen and oxygen atoms in total. The molecule has 0 spiro atoms. The van der Waals surface area contributed by atoms with E-state index in [4.69, 9.17) is 5.26 Å². The Balaban J connectivity index is 2.07. The van der Waals surface area contributed by atoms with Crippen LogP contribution in [-0.4, -0.2) is 18.5 Å². The van der Waals surface area contributed by atoms with Gasteiger partial charge in [0.25, 0.3) is 5.91 Å². The molecule has 1 aliphatic rings. The number of rotatable bonds is 3. The van der Waals surface area contributed by atoms with Crippen LogP contribution in [0.5, 0.6) is 0 Å². The molecule has 0 saturated heterocycles. The van der Waals surface area contributed by atoms with E-state index >= 15 is 0 Å². The fraction of sp³-hybridized carbons (Fsp3) is 0.385. The molecule has 0 saturated carbocycles. The van der Waals surface area contributed by atoms with Crippen molar-refractivity contribution in [1.82, 2.24) is 5.32 Å². The summed E-state index contributed by atoms with van der Waals surface area (Å²) in [6.07, 6.45) is 1.34. The SMILES string of the molecule is CC(CC#N)NC(=O)c1ccc2c(c1)NCC2. The number of hydrogen-bond donors (Lipinski definition) is 2. The number of hydrogen-bond acceptors (Lipinski definition) is 3. The third-order valence-electron chi connectivity index (χ3n) is 2.86. The quantitative estimate of drug-likeness (QED) is 0.828. The molecule has 4 heteroatoms. The summed E-state index contributed by atoms with van der Waals surface area (Å²) in [5.74, 6) is -0.121. The molecule has 1 aromatic carbocycles. The summed E-state index contributed by atoms with van der Waals surface area (Å²) in [5.41, 5.74) is 2.94. The van der Waals surface area contributed by atoms with Gasteiger partial charge < -0.3 is 10.6 Å². The third kappa shape index (κ3) is 2.56. The van der Waals surface area contributed by atoms with Crippen LogP contribution in [0.3, 0.4) is 0 Å². The van der Waals surface area contributed by atoms with Gasteiger partial charge in [0, 0.05) is 23.8 Å². The molecule has 0 aromatic heterocycles. The van der Waals surface area contributed by atoms with Gasteiger partial charge in [-0.1, -0.05) is 6.07 Å². The van der Waals surface area contributed by atoms with Crippen LogP contribution in [0, 0.1) is 11.3 Å². The number of anilines is 1. The number of nitrogens with zero attached hydrogens (tertiary/aromatic N) is 1. The summed E-state index contributed by atoms with van der Waals surface area (Å²) in [5, 5.41) is 14.6. The predicted molar refractivity (Wildman–Crippen MR) is 65.8 cm³/mol. The minimum atomic E-state index is -0.121. The normalized spacial score (nSPS) is 14.4. The fourth-order valence-electron chi connectivity index (χ4n) is 1.93. The highest BCUT2D eigenvalue weighted by molar-refractivity contribution is 5.95.